The van der Waals surface area contributed by atoms with Crippen LogP contribution in [-0.2, 0) is 0 Å². The van der Waals surface area contributed by atoms with Gasteiger partial charge in [0, 0.05) is 54.9 Å². The van der Waals surface area contributed by atoms with Crippen LogP contribution >= 0.6 is 0 Å². The number of likely N-dealkylation sites (tertiary alicyclic amines) is 1. The van der Waals surface area contributed by atoms with Gasteiger partial charge >= 0.3 is 0 Å². The molecule has 1 fully saturated rings. The molecule has 3 heterocycles. The summed E-state index contributed by atoms with van der Waals surface area (Å²) >= 11 is 0. The molecule has 136 valence electrons. The number of piperidine rings is 1. The van der Waals surface area contributed by atoms with Crippen LogP contribution in [0.1, 0.15) is 34.8 Å². The van der Waals surface area contributed by atoms with E-state index in [1.165, 1.54) is 6.07 Å². The number of halogens is 1. The van der Waals surface area contributed by atoms with E-state index < -0.39 is 0 Å². The fraction of sp³-hybridized carbons (Fsp3) is 0.238. The van der Waals surface area contributed by atoms with Crippen molar-refractivity contribution in [3.05, 3.63) is 78.3 Å². The van der Waals surface area contributed by atoms with Crippen molar-refractivity contribution >= 4 is 5.91 Å². The zero-order chi connectivity index (χ0) is 18.6. The topological polar surface area (TPSA) is 59.0 Å². The maximum absolute atomic E-state index is 14.3. The van der Waals surface area contributed by atoms with Crippen LogP contribution in [-0.4, -0.2) is 38.8 Å². The van der Waals surface area contributed by atoms with Gasteiger partial charge in [0.25, 0.3) is 5.91 Å². The maximum atomic E-state index is 14.3. The lowest BCUT2D eigenvalue weighted by Crippen LogP contribution is -2.39. The smallest absolute Gasteiger partial charge is 0.253 e. The second kappa shape index (κ2) is 7.61. The Morgan fingerprint density at radius 2 is 1.81 bits per heavy atom. The number of hydrogen-bond donors (Lipinski definition) is 0. The first-order valence-corrected chi connectivity index (χ1v) is 8.99. The van der Waals surface area contributed by atoms with Crippen molar-refractivity contribution in [3.63, 3.8) is 0 Å². The Morgan fingerprint density at radius 3 is 2.63 bits per heavy atom. The highest BCUT2D eigenvalue weighted by molar-refractivity contribution is 5.94. The molecule has 1 amide bonds. The first-order chi connectivity index (χ1) is 13.2. The van der Waals surface area contributed by atoms with Crippen molar-refractivity contribution in [1.82, 2.24) is 19.9 Å². The molecular weight excluding hydrogens is 343 g/mol. The summed E-state index contributed by atoms with van der Waals surface area (Å²) in [7, 11) is 0. The van der Waals surface area contributed by atoms with Gasteiger partial charge < -0.3 is 4.90 Å². The fourth-order valence-corrected chi connectivity index (χ4v) is 3.57. The molecule has 2 aromatic heterocycles. The summed E-state index contributed by atoms with van der Waals surface area (Å²) in [6.45, 7) is 1.24. The van der Waals surface area contributed by atoms with Crippen molar-refractivity contribution in [2.75, 3.05) is 13.1 Å². The highest BCUT2D eigenvalue weighted by Crippen LogP contribution is 2.33. The predicted molar refractivity (Wildman–Crippen MR) is 99.5 cm³/mol. The molecule has 0 saturated carbocycles. The van der Waals surface area contributed by atoms with E-state index in [2.05, 4.69) is 15.0 Å². The molecule has 0 radical (unpaired) electrons. The lowest BCUT2D eigenvalue weighted by molar-refractivity contribution is 0.0706. The predicted octanol–water partition coefficient (Wildman–Crippen LogP) is 3.70. The summed E-state index contributed by atoms with van der Waals surface area (Å²) in [6.07, 6.45) is 8.20. The van der Waals surface area contributed by atoms with E-state index >= 15 is 0 Å². The molecule has 1 aromatic carbocycles. The fourth-order valence-electron chi connectivity index (χ4n) is 3.57. The minimum absolute atomic E-state index is 0.0153. The van der Waals surface area contributed by atoms with Gasteiger partial charge in [0.05, 0.1) is 11.4 Å². The monoisotopic (exact) mass is 362 g/mol. The maximum Gasteiger partial charge on any atom is 0.253 e. The van der Waals surface area contributed by atoms with Gasteiger partial charge in [-0.05, 0) is 37.1 Å². The van der Waals surface area contributed by atoms with Gasteiger partial charge in [-0.1, -0.05) is 12.1 Å². The third-order valence-electron chi connectivity index (χ3n) is 4.88. The summed E-state index contributed by atoms with van der Waals surface area (Å²) in [5.74, 6) is -0.314. The standard InChI is InChI=1S/C21H19FN4O/c22-18-6-2-1-5-17(18)20-19(24-11-12-25-20)16-4-3-13-26(14-16)21(27)15-7-9-23-10-8-15/h1-2,5-12,16H,3-4,13-14H2/t16-/m0/s1. The molecule has 1 saturated heterocycles. The summed E-state index contributed by atoms with van der Waals surface area (Å²) < 4.78 is 14.3. The minimum atomic E-state index is -0.320. The Balaban J connectivity index is 1.63. The van der Waals surface area contributed by atoms with Crippen LogP contribution in [0, 0.1) is 5.82 Å². The van der Waals surface area contributed by atoms with Crippen molar-refractivity contribution < 1.29 is 9.18 Å². The van der Waals surface area contributed by atoms with Gasteiger partial charge in [0.2, 0.25) is 0 Å². The number of carbonyl (C=O) groups excluding carboxylic acids is 1. The number of rotatable bonds is 3. The number of aromatic nitrogens is 3. The molecule has 0 unspecified atom stereocenters. The van der Waals surface area contributed by atoms with Gasteiger partial charge in [-0.25, -0.2) is 4.39 Å². The Hall–Kier alpha value is -3.15. The Morgan fingerprint density at radius 1 is 1.04 bits per heavy atom. The summed E-state index contributed by atoms with van der Waals surface area (Å²) in [5, 5.41) is 0. The van der Waals surface area contributed by atoms with Crippen LogP contribution in [0.15, 0.2) is 61.2 Å². The zero-order valence-electron chi connectivity index (χ0n) is 14.8. The summed E-state index contributed by atoms with van der Waals surface area (Å²) in [5.41, 5.74) is 2.37. The van der Waals surface area contributed by atoms with Crippen molar-refractivity contribution in [3.8, 4) is 11.3 Å². The van der Waals surface area contributed by atoms with E-state index in [1.54, 1.807) is 55.1 Å². The summed E-state index contributed by atoms with van der Waals surface area (Å²) in [6, 6.07) is 10.0. The first kappa shape index (κ1) is 17.3. The van der Waals surface area contributed by atoms with Crippen LogP contribution in [0.5, 0.6) is 0 Å². The summed E-state index contributed by atoms with van der Waals surface area (Å²) in [4.78, 5) is 27.5. The molecule has 1 aliphatic heterocycles. The third-order valence-corrected chi connectivity index (χ3v) is 4.88. The molecule has 4 rings (SSSR count). The molecule has 0 N–H and O–H groups in total. The Kier molecular flexibility index (Phi) is 4.87. The van der Waals surface area contributed by atoms with E-state index in [0.29, 0.717) is 29.9 Å². The highest BCUT2D eigenvalue weighted by atomic mass is 19.1. The first-order valence-electron chi connectivity index (χ1n) is 8.99. The van der Waals surface area contributed by atoms with Gasteiger partial charge in [-0.15, -0.1) is 0 Å². The van der Waals surface area contributed by atoms with E-state index in [0.717, 1.165) is 18.5 Å². The average molecular weight is 362 g/mol. The number of pyridine rings is 1. The van der Waals surface area contributed by atoms with E-state index in [4.69, 9.17) is 0 Å². The Bertz CT molecular complexity index is 948. The van der Waals surface area contributed by atoms with Gasteiger partial charge in [-0.2, -0.15) is 0 Å². The third kappa shape index (κ3) is 3.56. The van der Waals surface area contributed by atoms with Crippen LogP contribution < -0.4 is 0 Å². The van der Waals surface area contributed by atoms with Gasteiger partial charge in [0.1, 0.15) is 5.82 Å². The van der Waals surface area contributed by atoms with Crippen molar-refractivity contribution in [1.29, 1.82) is 0 Å². The molecule has 0 aliphatic carbocycles. The largest absolute Gasteiger partial charge is 0.338 e. The van der Waals surface area contributed by atoms with Crippen LogP contribution in [0.3, 0.4) is 0 Å². The lowest BCUT2D eigenvalue weighted by atomic mass is 9.91. The molecule has 5 nitrogen and oxygen atoms in total. The molecule has 6 heteroatoms. The number of hydrogen-bond acceptors (Lipinski definition) is 4. The Labute approximate surface area is 156 Å². The SMILES string of the molecule is O=C(c1ccncc1)N1CCC[C@H](c2nccnc2-c2ccccc2F)C1. The molecule has 0 bridgehead atoms. The van der Waals surface area contributed by atoms with Crippen molar-refractivity contribution in [2.24, 2.45) is 0 Å². The normalized spacial score (nSPS) is 16.9. The van der Waals surface area contributed by atoms with Crippen LogP contribution in [0.2, 0.25) is 0 Å². The van der Waals surface area contributed by atoms with E-state index in [9.17, 15) is 9.18 Å². The molecule has 3 aromatic rings. The number of carbonyl (C=O) groups is 1. The average Bonchev–Trinajstić information content (AvgIpc) is 2.74. The molecule has 27 heavy (non-hydrogen) atoms. The zero-order valence-corrected chi connectivity index (χ0v) is 14.8. The van der Waals surface area contributed by atoms with Gasteiger partial charge in [0.15, 0.2) is 0 Å². The quantitative estimate of drug-likeness (QED) is 0.713. The second-order valence-electron chi connectivity index (χ2n) is 6.60. The lowest BCUT2D eigenvalue weighted by Gasteiger charge is -2.33. The van der Waals surface area contributed by atoms with E-state index in [1.807, 2.05) is 4.90 Å². The highest BCUT2D eigenvalue weighted by Gasteiger charge is 2.28. The molecule has 1 atom stereocenters. The molecule has 0 spiro atoms. The van der Waals surface area contributed by atoms with Crippen LogP contribution in [0.4, 0.5) is 4.39 Å². The second-order valence-corrected chi connectivity index (χ2v) is 6.60. The minimum Gasteiger partial charge on any atom is -0.338 e. The number of nitrogens with zero attached hydrogens (tertiary/aromatic N) is 4. The molecular formula is C21H19FN4O. The van der Waals surface area contributed by atoms with Gasteiger partial charge in [-0.3, -0.25) is 19.7 Å². The van der Waals surface area contributed by atoms with Crippen LogP contribution in [0.25, 0.3) is 11.3 Å². The number of amides is 1. The van der Waals surface area contributed by atoms with E-state index in [-0.39, 0.29) is 17.6 Å². The van der Waals surface area contributed by atoms with Crippen molar-refractivity contribution in [2.45, 2.75) is 18.8 Å². The molecule has 1 aliphatic rings. The number of benzene rings is 1.